The molecule has 0 bridgehead atoms. The summed E-state index contributed by atoms with van der Waals surface area (Å²) in [5.74, 6) is -1.31. The highest BCUT2D eigenvalue weighted by Gasteiger charge is 2.14. The van der Waals surface area contributed by atoms with Crippen LogP contribution in [-0.4, -0.2) is 29.6 Å². The lowest BCUT2D eigenvalue weighted by Gasteiger charge is -2.12. The lowest BCUT2D eigenvalue weighted by molar-refractivity contribution is -0.139. The number of aliphatic carboxylic acids is 1. The first-order valence-electron chi connectivity index (χ1n) is 4.32. The minimum absolute atomic E-state index is 0.174. The maximum atomic E-state index is 10.6. The van der Waals surface area contributed by atoms with Gasteiger partial charge in [0.05, 0.1) is 0 Å². The molecule has 0 heterocycles. The van der Waals surface area contributed by atoms with Crippen molar-refractivity contribution in [3.05, 3.63) is 0 Å². The van der Waals surface area contributed by atoms with E-state index in [2.05, 4.69) is 5.32 Å². The van der Waals surface area contributed by atoms with E-state index >= 15 is 0 Å². The van der Waals surface area contributed by atoms with Crippen molar-refractivity contribution in [2.45, 2.75) is 32.2 Å². The fraction of sp³-hybridized carbons (Fsp3) is 0.750. The Balaban J connectivity index is 3.69. The third-order valence-electron chi connectivity index (χ3n) is 1.64. The fourth-order valence-corrected chi connectivity index (χ4v) is 0.971. The highest BCUT2D eigenvalue weighted by Crippen LogP contribution is 1.96. The van der Waals surface area contributed by atoms with Crippen molar-refractivity contribution < 1.29 is 14.7 Å². The van der Waals surface area contributed by atoms with Gasteiger partial charge in [-0.15, -0.1) is 0 Å². The average molecular weight is 188 g/mol. The molecule has 13 heavy (non-hydrogen) atoms. The minimum Gasteiger partial charge on any atom is -0.480 e. The van der Waals surface area contributed by atoms with Gasteiger partial charge in [0.25, 0.3) is 0 Å². The second kappa shape index (κ2) is 6.42. The highest BCUT2D eigenvalue weighted by atomic mass is 16.4. The number of primary amides is 1. The van der Waals surface area contributed by atoms with Crippen molar-refractivity contribution >= 4 is 11.9 Å². The molecule has 76 valence electrons. The number of nitrogens with one attached hydrogen (secondary N) is 1. The first-order valence-corrected chi connectivity index (χ1v) is 4.32. The number of nitrogens with two attached hydrogens (primary N) is 1. The number of carboxylic acids is 1. The van der Waals surface area contributed by atoms with Crippen LogP contribution in [0.4, 0.5) is 0 Å². The molecule has 0 saturated heterocycles. The summed E-state index contributed by atoms with van der Waals surface area (Å²) in [6, 6.07) is -0.565. The molecule has 0 radical (unpaired) electrons. The predicted molar refractivity (Wildman–Crippen MR) is 48.1 cm³/mol. The molecule has 0 aromatic rings. The molecular weight excluding hydrogens is 172 g/mol. The lowest BCUT2D eigenvalue weighted by Crippen LogP contribution is -2.38. The van der Waals surface area contributed by atoms with Crippen molar-refractivity contribution in [2.75, 3.05) is 6.54 Å². The molecule has 0 fully saturated rings. The van der Waals surface area contributed by atoms with E-state index in [1.54, 1.807) is 0 Å². The summed E-state index contributed by atoms with van der Waals surface area (Å²) in [5, 5.41) is 11.4. The van der Waals surface area contributed by atoms with Gasteiger partial charge in [-0.05, 0) is 6.42 Å². The van der Waals surface area contributed by atoms with Gasteiger partial charge in [0, 0.05) is 13.0 Å². The van der Waals surface area contributed by atoms with Crippen LogP contribution in [0.1, 0.15) is 26.2 Å². The van der Waals surface area contributed by atoms with Gasteiger partial charge in [-0.1, -0.05) is 13.3 Å². The Hall–Kier alpha value is -1.10. The van der Waals surface area contributed by atoms with Crippen LogP contribution in [0.15, 0.2) is 0 Å². The molecule has 0 aliphatic rings. The van der Waals surface area contributed by atoms with E-state index in [-0.39, 0.29) is 6.42 Å². The molecule has 0 aromatic heterocycles. The van der Waals surface area contributed by atoms with Crippen molar-refractivity contribution in [3.63, 3.8) is 0 Å². The second-order valence-electron chi connectivity index (χ2n) is 2.85. The van der Waals surface area contributed by atoms with Crippen LogP contribution in [0.5, 0.6) is 0 Å². The van der Waals surface area contributed by atoms with Gasteiger partial charge in [-0.2, -0.15) is 0 Å². The average Bonchev–Trinajstić information content (AvgIpc) is 2.02. The van der Waals surface area contributed by atoms with Crippen LogP contribution >= 0.6 is 0 Å². The summed E-state index contributed by atoms with van der Waals surface area (Å²) in [7, 11) is 0. The molecule has 0 aliphatic heterocycles. The van der Waals surface area contributed by atoms with Crippen molar-refractivity contribution in [1.29, 1.82) is 0 Å². The van der Waals surface area contributed by atoms with Gasteiger partial charge < -0.3 is 16.2 Å². The SMILES string of the molecule is CCCC(NCCC(N)=O)C(=O)O. The number of carboxylic acid groups (broad SMARTS) is 1. The van der Waals surface area contributed by atoms with Crippen LogP contribution in [0.2, 0.25) is 0 Å². The molecule has 1 unspecified atom stereocenters. The number of hydrogen-bond acceptors (Lipinski definition) is 3. The molecule has 0 rings (SSSR count). The molecule has 0 aliphatic carbocycles. The number of rotatable bonds is 7. The van der Waals surface area contributed by atoms with E-state index in [1.165, 1.54) is 0 Å². The van der Waals surface area contributed by atoms with Gasteiger partial charge in [0.1, 0.15) is 6.04 Å². The van der Waals surface area contributed by atoms with Crippen LogP contribution in [0, 0.1) is 0 Å². The van der Waals surface area contributed by atoms with E-state index in [0.717, 1.165) is 6.42 Å². The second-order valence-corrected chi connectivity index (χ2v) is 2.85. The van der Waals surface area contributed by atoms with Crippen LogP contribution < -0.4 is 11.1 Å². The Morgan fingerprint density at radius 2 is 2.15 bits per heavy atom. The van der Waals surface area contributed by atoms with E-state index in [9.17, 15) is 9.59 Å². The minimum atomic E-state index is -0.883. The Morgan fingerprint density at radius 1 is 1.54 bits per heavy atom. The third kappa shape index (κ3) is 6.10. The third-order valence-corrected chi connectivity index (χ3v) is 1.64. The summed E-state index contributed by atoms with van der Waals surface area (Å²) in [6.45, 7) is 2.23. The Morgan fingerprint density at radius 3 is 2.54 bits per heavy atom. The Bertz CT molecular complexity index is 182. The maximum Gasteiger partial charge on any atom is 0.320 e. The first kappa shape index (κ1) is 11.9. The van der Waals surface area contributed by atoms with Gasteiger partial charge >= 0.3 is 5.97 Å². The molecule has 5 heteroatoms. The predicted octanol–water partition coefficient (Wildman–Crippen LogP) is -0.295. The highest BCUT2D eigenvalue weighted by molar-refractivity contribution is 5.75. The topological polar surface area (TPSA) is 92.4 Å². The molecule has 0 spiro atoms. The number of amides is 1. The zero-order chi connectivity index (χ0) is 10.3. The van der Waals surface area contributed by atoms with E-state index in [4.69, 9.17) is 10.8 Å². The Labute approximate surface area is 77.3 Å². The molecule has 1 atom stereocenters. The van der Waals surface area contributed by atoms with Crippen LogP contribution in [0.3, 0.4) is 0 Å². The number of carbonyl (C=O) groups is 2. The van der Waals surface area contributed by atoms with Gasteiger partial charge in [-0.3, -0.25) is 9.59 Å². The largest absolute Gasteiger partial charge is 0.480 e. The van der Waals surface area contributed by atoms with Crippen molar-refractivity contribution in [1.82, 2.24) is 5.32 Å². The van der Waals surface area contributed by atoms with Gasteiger partial charge in [-0.25, -0.2) is 0 Å². The van der Waals surface area contributed by atoms with Crippen molar-refractivity contribution in [3.8, 4) is 0 Å². The molecule has 4 N–H and O–H groups in total. The summed E-state index contributed by atoms with van der Waals surface area (Å²) in [4.78, 5) is 20.9. The zero-order valence-corrected chi connectivity index (χ0v) is 7.75. The fourth-order valence-electron chi connectivity index (χ4n) is 0.971. The summed E-state index contributed by atoms with van der Waals surface area (Å²) >= 11 is 0. The smallest absolute Gasteiger partial charge is 0.320 e. The standard InChI is InChI=1S/C8H16N2O3/c1-2-3-6(8(12)13)10-5-4-7(9)11/h6,10H,2-5H2,1H3,(H2,9,11)(H,12,13). The normalized spacial score (nSPS) is 12.4. The first-order chi connectivity index (χ1) is 6.07. The molecule has 5 nitrogen and oxygen atoms in total. The zero-order valence-electron chi connectivity index (χ0n) is 7.75. The molecular formula is C8H16N2O3. The number of carbonyl (C=O) groups excluding carboxylic acids is 1. The summed E-state index contributed by atoms with van der Waals surface area (Å²) in [5.41, 5.74) is 4.90. The molecule has 0 aromatic carbocycles. The monoisotopic (exact) mass is 188 g/mol. The van der Waals surface area contributed by atoms with E-state index < -0.39 is 17.9 Å². The van der Waals surface area contributed by atoms with Crippen LogP contribution in [0.25, 0.3) is 0 Å². The van der Waals surface area contributed by atoms with Crippen LogP contribution in [-0.2, 0) is 9.59 Å². The van der Waals surface area contributed by atoms with Crippen molar-refractivity contribution in [2.24, 2.45) is 5.73 Å². The summed E-state index contributed by atoms with van der Waals surface area (Å²) in [6.07, 6.45) is 1.53. The molecule has 0 saturated carbocycles. The van der Waals surface area contributed by atoms with Gasteiger partial charge in [0.2, 0.25) is 5.91 Å². The Kier molecular flexibility index (Phi) is 5.88. The maximum absolute atomic E-state index is 10.6. The van der Waals surface area contributed by atoms with E-state index in [1.807, 2.05) is 6.92 Å². The lowest BCUT2D eigenvalue weighted by atomic mass is 10.1. The summed E-state index contributed by atoms with van der Waals surface area (Å²) < 4.78 is 0. The van der Waals surface area contributed by atoms with E-state index in [0.29, 0.717) is 13.0 Å². The molecule has 1 amide bonds. The quantitative estimate of drug-likeness (QED) is 0.511. The number of hydrogen-bond donors (Lipinski definition) is 3. The van der Waals surface area contributed by atoms with Gasteiger partial charge in [0.15, 0.2) is 0 Å².